The van der Waals surface area contributed by atoms with Gasteiger partial charge in [-0.15, -0.1) is 10.2 Å². The van der Waals surface area contributed by atoms with Crippen LogP contribution in [0, 0.1) is 6.92 Å². The van der Waals surface area contributed by atoms with Crippen molar-refractivity contribution >= 4 is 52.5 Å². The van der Waals surface area contributed by atoms with Crippen LogP contribution in [0.25, 0.3) is 0 Å². The first-order valence-corrected chi connectivity index (χ1v) is 10.7. The highest BCUT2D eigenvalue weighted by Crippen LogP contribution is 2.25. The van der Waals surface area contributed by atoms with Crippen LogP contribution in [0.2, 0.25) is 10.0 Å². The number of rotatable bonds is 7. The highest BCUT2D eigenvalue weighted by atomic mass is 35.5. The number of nitrogens with zero attached hydrogens (tertiary/aromatic N) is 3. The third-order valence-electron chi connectivity index (χ3n) is 4.15. The van der Waals surface area contributed by atoms with E-state index in [4.69, 9.17) is 23.2 Å². The predicted molar refractivity (Wildman–Crippen MR) is 119 cm³/mol. The number of nitrogens with one attached hydrogen (secondary N) is 2. The van der Waals surface area contributed by atoms with Gasteiger partial charge in [0.15, 0.2) is 11.0 Å². The standard InChI is InChI=1S/C20H19Cl2N5O2S/c1-12-4-3-5-13(8-12)19(29)23-10-17-25-26-20(27(17)2)30-11-18(28)24-14-6-7-15(21)16(22)9-14/h3-9H,10-11H2,1-2H3,(H,23,29)(H,24,28). The van der Waals surface area contributed by atoms with Crippen LogP contribution in [-0.4, -0.2) is 32.3 Å². The van der Waals surface area contributed by atoms with Gasteiger partial charge in [-0.3, -0.25) is 9.59 Å². The van der Waals surface area contributed by atoms with E-state index in [2.05, 4.69) is 20.8 Å². The lowest BCUT2D eigenvalue weighted by Crippen LogP contribution is -2.24. The molecule has 3 aromatic rings. The summed E-state index contributed by atoms with van der Waals surface area (Å²) in [4.78, 5) is 24.5. The molecule has 0 spiro atoms. The monoisotopic (exact) mass is 463 g/mol. The van der Waals surface area contributed by atoms with E-state index >= 15 is 0 Å². The van der Waals surface area contributed by atoms with Gasteiger partial charge in [0.05, 0.1) is 22.3 Å². The second-order valence-corrected chi connectivity index (χ2v) is 8.23. The Hall–Kier alpha value is -2.55. The zero-order chi connectivity index (χ0) is 21.7. The fraction of sp³-hybridized carbons (Fsp3) is 0.200. The van der Waals surface area contributed by atoms with Gasteiger partial charge >= 0.3 is 0 Å². The van der Waals surface area contributed by atoms with Crippen LogP contribution >= 0.6 is 35.0 Å². The van der Waals surface area contributed by atoms with E-state index in [1.54, 1.807) is 35.9 Å². The van der Waals surface area contributed by atoms with Crippen LogP contribution < -0.4 is 10.6 Å². The second kappa shape index (κ2) is 9.97. The van der Waals surface area contributed by atoms with Gasteiger partial charge in [-0.05, 0) is 37.3 Å². The van der Waals surface area contributed by atoms with Crippen molar-refractivity contribution < 1.29 is 9.59 Å². The molecule has 10 heteroatoms. The number of halogens is 2. The van der Waals surface area contributed by atoms with Gasteiger partial charge in [-0.2, -0.15) is 0 Å². The number of anilines is 1. The predicted octanol–water partition coefficient (Wildman–Crippen LogP) is 4.09. The Labute approximate surface area is 188 Å². The Morgan fingerprint density at radius 2 is 1.90 bits per heavy atom. The van der Waals surface area contributed by atoms with Crippen molar-refractivity contribution in [1.29, 1.82) is 0 Å². The molecule has 2 N–H and O–H groups in total. The number of carbonyl (C=O) groups excluding carboxylic acids is 2. The van der Waals surface area contributed by atoms with E-state index in [9.17, 15) is 9.59 Å². The molecule has 0 aliphatic heterocycles. The van der Waals surface area contributed by atoms with Gasteiger partial charge in [0.1, 0.15) is 0 Å². The molecule has 0 aliphatic carbocycles. The van der Waals surface area contributed by atoms with Crippen LogP contribution in [0.5, 0.6) is 0 Å². The Morgan fingerprint density at radius 3 is 2.63 bits per heavy atom. The summed E-state index contributed by atoms with van der Waals surface area (Å²) < 4.78 is 1.74. The first-order chi connectivity index (χ1) is 14.3. The van der Waals surface area contributed by atoms with Crippen LogP contribution in [-0.2, 0) is 18.4 Å². The van der Waals surface area contributed by atoms with Crippen molar-refractivity contribution in [3.05, 3.63) is 69.5 Å². The average Bonchev–Trinajstić information content (AvgIpc) is 3.07. The van der Waals surface area contributed by atoms with E-state index in [1.807, 2.05) is 25.1 Å². The summed E-state index contributed by atoms with van der Waals surface area (Å²) in [6.07, 6.45) is 0. The number of aromatic nitrogens is 3. The molecule has 0 aliphatic rings. The summed E-state index contributed by atoms with van der Waals surface area (Å²) >= 11 is 13.1. The number of hydrogen-bond acceptors (Lipinski definition) is 5. The minimum absolute atomic E-state index is 0.141. The second-order valence-electron chi connectivity index (χ2n) is 6.48. The molecule has 0 saturated heterocycles. The third kappa shape index (κ3) is 5.75. The molecule has 0 atom stereocenters. The Kier molecular flexibility index (Phi) is 7.36. The first kappa shape index (κ1) is 22.1. The van der Waals surface area contributed by atoms with E-state index in [0.717, 1.165) is 5.56 Å². The minimum atomic E-state index is -0.212. The molecule has 7 nitrogen and oxygen atoms in total. The van der Waals surface area contributed by atoms with Crippen molar-refractivity contribution in [3.8, 4) is 0 Å². The smallest absolute Gasteiger partial charge is 0.251 e. The molecule has 0 saturated carbocycles. The van der Waals surface area contributed by atoms with Crippen molar-refractivity contribution in [2.75, 3.05) is 11.1 Å². The molecule has 0 bridgehead atoms. The molecule has 0 fully saturated rings. The fourth-order valence-corrected chi connectivity index (χ4v) is 3.60. The number of thioether (sulfide) groups is 1. The lowest BCUT2D eigenvalue weighted by atomic mass is 10.1. The van der Waals surface area contributed by atoms with E-state index in [0.29, 0.717) is 32.3 Å². The van der Waals surface area contributed by atoms with Crippen molar-refractivity contribution in [2.45, 2.75) is 18.6 Å². The Balaban J connectivity index is 1.52. The number of benzene rings is 2. The summed E-state index contributed by atoms with van der Waals surface area (Å²) in [6, 6.07) is 12.2. The average molecular weight is 464 g/mol. The van der Waals surface area contributed by atoms with Crippen LogP contribution in [0.1, 0.15) is 21.7 Å². The van der Waals surface area contributed by atoms with Crippen molar-refractivity contribution in [1.82, 2.24) is 20.1 Å². The topological polar surface area (TPSA) is 88.9 Å². The molecule has 1 heterocycles. The molecule has 2 amide bonds. The molecule has 2 aromatic carbocycles. The van der Waals surface area contributed by atoms with Gasteiger partial charge < -0.3 is 15.2 Å². The number of carbonyl (C=O) groups is 2. The zero-order valence-corrected chi connectivity index (χ0v) is 18.6. The largest absolute Gasteiger partial charge is 0.345 e. The lowest BCUT2D eigenvalue weighted by molar-refractivity contribution is -0.113. The fourth-order valence-electron chi connectivity index (χ4n) is 2.57. The quantitative estimate of drug-likeness (QED) is 0.515. The molecule has 0 radical (unpaired) electrons. The summed E-state index contributed by atoms with van der Waals surface area (Å²) in [5.41, 5.74) is 2.16. The number of hydrogen-bond donors (Lipinski definition) is 2. The molecular formula is C20H19Cl2N5O2S. The molecule has 1 aromatic heterocycles. The van der Waals surface area contributed by atoms with Crippen LogP contribution in [0.4, 0.5) is 5.69 Å². The van der Waals surface area contributed by atoms with E-state index in [-0.39, 0.29) is 24.1 Å². The zero-order valence-electron chi connectivity index (χ0n) is 16.3. The third-order valence-corrected chi connectivity index (χ3v) is 5.91. The lowest BCUT2D eigenvalue weighted by Gasteiger charge is -2.07. The van der Waals surface area contributed by atoms with Gasteiger partial charge in [-0.1, -0.05) is 52.7 Å². The maximum absolute atomic E-state index is 12.3. The van der Waals surface area contributed by atoms with Gasteiger partial charge in [0, 0.05) is 18.3 Å². The number of amides is 2. The summed E-state index contributed by atoms with van der Waals surface area (Å²) in [5.74, 6) is 0.331. The Morgan fingerprint density at radius 1 is 1.10 bits per heavy atom. The van der Waals surface area contributed by atoms with E-state index in [1.165, 1.54) is 11.8 Å². The van der Waals surface area contributed by atoms with Crippen LogP contribution in [0.3, 0.4) is 0 Å². The summed E-state index contributed by atoms with van der Waals surface area (Å²) in [6.45, 7) is 2.16. The van der Waals surface area contributed by atoms with Gasteiger partial charge in [-0.25, -0.2) is 0 Å². The highest BCUT2D eigenvalue weighted by Gasteiger charge is 2.13. The molecule has 3 rings (SSSR count). The maximum Gasteiger partial charge on any atom is 0.251 e. The van der Waals surface area contributed by atoms with Gasteiger partial charge in [0.25, 0.3) is 5.91 Å². The molecule has 30 heavy (non-hydrogen) atoms. The normalized spacial score (nSPS) is 10.7. The molecular weight excluding hydrogens is 445 g/mol. The molecule has 0 unspecified atom stereocenters. The van der Waals surface area contributed by atoms with Crippen molar-refractivity contribution in [3.63, 3.8) is 0 Å². The Bertz CT molecular complexity index is 1090. The first-order valence-electron chi connectivity index (χ1n) is 8.94. The van der Waals surface area contributed by atoms with Gasteiger partial charge in [0.2, 0.25) is 5.91 Å². The molecule has 156 valence electrons. The highest BCUT2D eigenvalue weighted by molar-refractivity contribution is 7.99. The minimum Gasteiger partial charge on any atom is -0.345 e. The van der Waals surface area contributed by atoms with Crippen molar-refractivity contribution in [2.24, 2.45) is 7.05 Å². The summed E-state index contributed by atoms with van der Waals surface area (Å²) in [7, 11) is 1.79. The number of aryl methyl sites for hydroxylation is 1. The SMILES string of the molecule is Cc1cccc(C(=O)NCc2nnc(SCC(=O)Nc3ccc(Cl)c(Cl)c3)n2C)c1. The summed E-state index contributed by atoms with van der Waals surface area (Å²) in [5, 5.41) is 15.1. The van der Waals surface area contributed by atoms with Crippen LogP contribution in [0.15, 0.2) is 47.6 Å². The van der Waals surface area contributed by atoms with E-state index < -0.39 is 0 Å². The maximum atomic E-state index is 12.3.